The molecule has 2 fully saturated rings. The van der Waals surface area contributed by atoms with Gasteiger partial charge in [-0.25, -0.2) is 4.90 Å². The van der Waals surface area contributed by atoms with E-state index in [1.54, 1.807) is 0 Å². The van der Waals surface area contributed by atoms with Crippen LogP contribution in [0.5, 0.6) is 0 Å². The largest absolute Gasteiger partial charge is 0.364 e. The maximum atomic E-state index is 5.78. The molecule has 0 bridgehead atoms. The SMILES string of the molecule is Brc1ccc(C2OCN3COCC23)cc1. The summed E-state index contributed by atoms with van der Waals surface area (Å²) in [4.78, 5) is 2.23. The Labute approximate surface area is 97.1 Å². The Kier molecular flexibility index (Phi) is 2.52. The lowest BCUT2D eigenvalue weighted by Crippen LogP contribution is -2.27. The minimum Gasteiger partial charge on any atom is -0.364 e. The highest BCUT2D eigenvalue weighted by atomic mass is 79.9. The van der Waals surface area contributed by atoms with Crippen LogP contribution >= 0.6 is 15.9 Å². The summed E-state index contributed by atoms with van der Waals surface area (Å²) in [5.74, 6) is 0. The summed E-state index contributed by atoms with van der Waals surface area (Å²) < 4.78 is 12.3. The molecule has 1 aromatic rings. The van der Waals surface area contributed by atoms with Crippen LogP contribution in [0.15, 0.2) is 28.7 Å². The topological polar surface area (TPSA) is 21.7 Å². The highest BCUT2D eigenvalue weighted by Gasteiger charge is 2.39. The lowest BCUT2D eigenvalue weighted by molar-refractivity contribution is 0.0370. The molecule has 0 aromatic heterocycles. The Balaban J connectivity index is 1.85. The van der Waals surface area contributed by atoms with Crippen molar-refractivity contribution in [2.75, 3.05) is 20.1 Å². The molecular formula is C11H12BrNO2. The van der Waals surface area contributed by atoms with Gasteiger partial charge in [0.25, 0.3) is 0 Å². The van der Waals surface area contributed by atoms with E-state index in [-0.39, 0.29) is 6.10 Å². The van der Waals surface area contributed by atoms with E-state index >= 15 is 0 Å². The van der Waals surface area contributed by atoms with Crippen molar-refractivity contribution in [1.29, 1.82) is 0 Å². The molecule has 2 aliphatic heterocycles. The van der Waals surface area contributed by atoms with Gasteiger partial charge in [-0.2, -0.15) is 0 Å². The number of nitrogens with zero attached hydrogens (tertiary/aromatic N) is 1. The average molecular weight is 270 g/mol. The third-order valence-electron chi connectivity index (χ3n) is 2.98. The fourth-order valence-corrected chi connectivity index (χ4v) is 2.43. The van der Waals surface area contributed by atoms with E-state index < -0.39 is 0 Å². The monoisotopic (exact) mass is 269 g/mol. The number of halogens is 1. The minimum atomic E-state index is 0.167. The molecule has 3 nitrogen and oxygen atoms in total. The highest BCUT2D eigenvalue weighted by Crippen LogP contribution is 2.34. The van der Waals surface area contributed by atoms with E-state index in [2.05, 4.69) is 45.1 Å². The summed E-state index contributed by atoms with van der Waals surface area (Å²) in [6.07, 6.45) is 0.167. The number of ether oxygens (including phenoxy) is 2. The van der Waals surface area contributed by atoms with Crippen molar-refractivity contribution in [2.24, 2.45) is 0 Å². The first-order valence-corrected chi connectivity index (χ1v) is 5.83. The highest BCUT2D eigenvalue weighted by molar-refractivity contribution is 9.10. The molecule has 15 heavy (non-hydrogen) atoms. The fourth-order valence-electron chi connectivity index (χ4n) is 2.16. The predicted octanol–water partition coefficient (Wildman–Crippen LogP) is 2.14. The summed E-state index contributed by atoms with van der Waals surface area (Å²) >= 11 is 3.43. The van der Waals surface area contributed by atoms with Crippen molar-refractivity contribution in [3.63, 3.8) is 0 Å². The van der Waals surface area contributed by atoms with Gasteiger partial charge in [-0.1, -0.05) is 28.1 Å². The number of hydrogen-bond donors (Lipinski definition) is 0. The fraction of sp³-hybridized carbons (Fsp3) is 0.455. The van der Waals surface area contributed by atoms with Crippen LogP contribution in [0.4, 0.5) is 0 Å². The maximum absolute atomic E-state index is 5.78. The molecule has 0 radical (unpaired) electrons. The molecule has 4 heteroatoms. The molecule has 0 saturated carbocycles. The maximum Gasteiger partial charge on any atom is 0.102 e. The van der Waals surface area contributed by atoms with Gasteiger partial charge < -0.3 is 9.47 Å². The van der Waals surface area contributed by atoms with Crippen LogP contribution in [0.25, 0.3) is 0 Å². The Bertz CT molecular complexity index is 354. The quantitative estimate of drug-likeness (QED) is 0.780. The summed E-state index contributed by atoms with van der Waals surface area (Å²) in [5, 5.41) is 0. The number of rotatable bonds is 1. The second-order valence-corrected chi connectivity index (χ2v) is 4.84. The molecule has 0 amide bonds. The Hall–Kier alpha value is -0.420. The number of benzene rings is 1. The Morgan fingerprint density at radius 2 is 2.00 bits per heavy atom. The minimum absolute atomic E-state index is 0.167. The van der Waals surface area contributed by atoms with Gasteiger partial charge in [-0.15, -0.1) is 0 Å². The summed E-state index contributed by atoms with van der Waals surface area (Å²) in [5.41, 5.74) is 1.23. The van der Waals surface area contributed by atoms with E-state index in [1.165, 1.54) is 5.56 Å². The molecule has 2 heterocycles. The zero-order valence-corrected chi connectivity index (χ0v) is 9.81. The van der Waals surface area contributed by atoms with Gasteiger partial charge in [0.1, 0.15) is 19.6 Å². The van der Waals surface area contributed by atoms with E-state index in [4.69, 9.17) is 9.47 Å². The standard InChI is InChI=1S/C11H12BrNO2/c12-9-3-1-8(2-4-9)11-10-5-14-6-13(10)7-15-11/h1-4,10-11H,5-7H2. The van der Waals surface area contributed by atoms with Gasteiger partial charge in [0.2, 0.25) is 0 Å². The average Bonchev–Trinajstić information content (AvgIpc) is 2.80. The zero-order valence-electron chi connectivity index (χ0n) is 8.23. The van der Waals surface area contributed by atoms with Crippen LogP contribution in [0.3, 0.4) is 0 Å². The Morgan fingerprint density at radius 1 is 1.20 bits per heavy atom. The third-order valence-corrected chi connectivity index (χ3v) is 3.51. The van der Waals surface area contributed by atoms with Gasteiger partial charge in [-0.05, 0) is 17.7 Å². The van der Waals surface area contributed by atoms with Crippen molar-refractivity contribution in [3.05, 3.63) is 34.3 Å². The van der Waals surface area contributed by atoms with Gasteiger partial charge in [0.05, 0.1) is 12.6 Å². The van der Waals surface area contributed by atoms with Gasteiger partial charge in [0.15, 0.2) is 0 Å². The van der Waals surface area contributed by atoms with Gasteiger partial charge >= 0.3 is 0 Å². The molecule has 1 aromatic carbocycles. The second-order valence-electron chi connectivity index (χ2n) is 3.92. The van der Waals surface area contributed by atoms with Crippen LogP contribution in [0.1, 0.15) is 11.7 Å². The molecule has 2 aliphatic rings. The molecule has 0 N–H and O–H groups in total. The number of fused-ring (bicyclic) bond motifs is 1. The van der Waals surface area contributed by atoms with Crippen molar-refractivity contribution >= 4 is 15.9 Å². The van der Waals surface area contributed by atoms with E-state index in [1.807, 2.05) is 0 Å². The third kappa shape index (κ3) is 1.72. The van der Waals surface area contributed by atoms with Gasteiger partial charge in [-0.3, -0.25) is 0 Å². The second kappa shape index (κ2) is 3.87. The first-order valence-electron chi connectivity index (χ1n) is 5.03. The van der Waals surface area contributed by atoms with Crippen molar-refractivity contribution in [3.8, 4) is 0 Å². The summed E-state index contributed by atoms with van der Waals surface area (Å²) in [6.45, 7) is 2.17. The molecule has 2 saturated heterocycles. The first kappa shape index (κ1) is 9.78. The van der Waals surface area contributed by atoms with E-state index in [0.717, 1.165) is 11.1 Å². The van der Waals surface area contributed by atoms with E-state index in [0.29, 0.717) is 19.5 Å². The molecule has 0 aliphatic carbocycles. The molecular weight excluding hydrogens is 258 g/mol. The van der Waals surface area contributed by atoms with Crippen molar-refractivity contribution in [2.45, 2.75) is 12.1 Å². The zero-order chi connectivity index (χ0) is 10.3. The Morgan fingerprint density at radius 3 is 2.80 bits per heavy atom. The molecule has 3 rings (SSSR count). The first-order chi connectivity index (χ1) is 7.34. The molecule has 2 atom stereocenters. The van der Waals surface area contributed by atoms with Crippen molar-refractivity contribution < 1.29 is 9.47 Å². The smallest absolute Gasteiger partial charge is 0.102 e. The van der Waals surface area contributed by atoms with Crippen LogP contribution in [0.2, 0.25) is 0 Å². The lowest BCUT2D eigenvalue weighted by atomic mass is 10.0. The molecule has 2 unspecified atom stereocenters. The van der Waals surface area contributed by atoms with Crippen LogP contribution < -0.4 is 0 Å². The predicted molar refractivity (Wildman–Crippen MR) is 59.3 cm³/mol. The van der Waals surface area contributed by atoms with Crippen molar-refractivity contribution in [1.82, 2.24) is 4.90 Å². The normalized spacial score (nSPS) is 30.7. The molecule has 0 spiro atoms. The van der Waals surface area contributed by atoms with Crippen LogP contribution in [-0.2, 0) is 9.47 Å². The van der Waals surface area contributed by atoms with E-state index in [9.17, 15) is 0 Å². The summed E-state index contributed by atoms with van der Waals surface area (Å²) in [6, 6.07) is 8.72. The number of hydrogen-bond acceptors (Lipinski definition) is 3. The van der Waals surface area contributed by atoms with Crippen LogP contribution in [-0.4, -0.2) is 31.0 Å². The molecule has 80 valence electrons. The van der Waals surface area contributed by atoms with Crippen LogP contribution in [0, 0.1) is 0 Å². The summed E-state index contributed by atoms with van der Waals surface area (Å²) in [7, 11) is 0. The van der Waals surface area contributed by atoms with Gasteiger partial charge in [0, 0.05) is 4.47 Å². The lowest BCUT2D eigenvalue weighted by Gasteiger charge is -2.16.